The molecular weight excluding hydrogens is 397 g/mol. The number of carbonyl (C=O) groups is 1. The average Bonchev–Trinajstić information content (AvgIpc) is 3.12. The SMILES string of the molecule is CC(C)c1nn(-c2ccccn2)c(-c2ccc(F)cc2)c1CC[C@H]1C[C@H](O)CC(=O)O1. The van der Waals surface area contributed by atoms with Crippen LogP contribution >= 0.6 is 0 Å². The van der Waals surface area contributed by atoms with Gasteiger partial charge in [0.25, 0.3) is 0 Å². The summed E-state index contributed by atoms with van der Waals surface area (Å²) in [5, 5.41) is 14.8. The van der Waals surface area contributed by atoms with E-state index in [9.17, 15) is 14.3 Å². The van der Waals surface area contributed by atoms with Crippen molar-refractivity contribution in [2.75, 3.05) is 0 Å². The highest BCUT2D eigenvalue weighted by atomic mass is 19.1. The maximum absolute atomic E-state index is 13.6. The molecule has 3 aromatic rings. The number of hydrogen-bond donors (Lipinski definition) is 1. The van der Waals surface area contributed by atoms with Gasteiger partial charge in [-0.25, -0.2) is 14.1 Å². The molecule has 0 aliphatic carbocycles. The maximum atomic E-state index is 13.6. The third-order valence-corrected chi connectivity index (χ3v) is 5.50. The molecule has 1 saturated heterocycles. The zero-order valence-corrected chi connectivity index (χ0v) is 17.7. The number of cyclic esters (lactones) is 1. The van der Waals surface area contributed by atoms with Crippen molar-refractivity contribution in [2.45, 2.75) is 57.7 Å². The van der Waals surface area contributed by atoms with Crippen molar-refractivity contribution in [3.63, 3.8) is 0 Å². The third kappa shape index (κ3) is 4.66. The Morgan fingerprint density at radius 2 is 2.00 bits per heavy atom. The van der Waals surface area contributed by atoms with Gasteiger partial charge >= 0.3 is 5.97 Å². The Labute approximate surface area is 180 Å². The number of carbonyl (C=O) groups excluding carboxylic acids is 1. The molecule has 2 atom stereocenters. The molecule has 162 valence electrons. The van der Waals surface area contributed by atoms with Crippen molar-refractivity contribution in [1.82, 2.24) is 14.8 Å². The summed E-state index contributed by atoms with van der Waals surface area (Å²) in [6.45, 7) is 4.15. The largest absolute Gasteiger partial charge is 0.462 e. The second-order valence-electron chi connectivity index (χ2n) is 8.22. The molecule has 0 saturated carbocycles. The molecule has 3 heterocycles. The van der Waals surface area contributed by atoms with E-state index in [0.29, 0.717) is 25.1 Å². The number of esters is 1. The Bertz CT molecular complexity index is 1050. The van der Waals surface area contributed by atoms with Crippen LogP contribution in [0.15, 0.2) is 48.7 Å². The van der Waals surface area contributed by atoms with Gasteiger partial charge in [-0.2, -0.15) is 5.10 Å². The minimum atomic E-state index is -0.663. The molecule has 0 unspecified atom stereocenters. The molecule has 0 bridgehead atoms. The summed E-state index contributed by atoms with van der Waals surface area (Å²) >= 11 is 0. The predicted octanol–water partition coefficient (Wildman–Crippen LogP) is 4.20. The lowest BCUT2D eigenvalue weighted by atomic mass is 9.93. The molecule has 2 aromatic heterocycles. The summed E-state index contributed by atoms with van der Waals surface area (Å²) in [4.78, 5) is 16.2. The number of aliphatic hydroxyl groups is 1. The van der Waals surface area contributed by atoms with Crippen LogP contribution in [0.4, 0.5) is 4.39 Å². The van der Waals surface area contributed by atoms with Gasteiger partial charge in [-0.1, -0.05) is 19.9 Å². The summed E-state index contributed by atoms with van der Waals surface area (Å²) in [6.07, 6.45) is 2.37. The van der Waals surface area contributed by atoms with E-state index in [1.807, 2.05) is 18.2 Å². The number of aromatic nitrogens is 3. The molecule has 1 aliphatic heterocycles. The van der Waals surface area contributed by atoms with Crippen LogP contribution in [0.25, 0.3) is 17.1 Å². The second kappa shape index (κ2) is 8.98. The van der Waals surface area contributed by atoms with Crippen LogP contribution in [0.3, 0.4) is 0 Å². The first-order valence-electron chi connectivity index (χ1n) is 10.6. The van der Waals surface area contributed by atoms with Crippen LogP contribution in [0.1, 0.15) is 50.3 Å². The molecule has 1 aliphatic rings. The lowest BCUT2D eigenvalue weighted by Gasteiger charge is -2.26. The molecule has 7 heteroatoms. The van der Waals surface area contributed by atoms with Gasteiger partial charge in [0, 0.05) is 23.7 Å². The summed E-state index contributed by atoms with van der Waals surface area (Å²) in [5.41, 5.74) is 3.63. The fourth-order valence-electron chi connectivity index (χ4n) is 4.07. The van der Waals surface area contributed by atoms with Gasteiger partial charge in [-0.3, -0.25) is 4.79 Å². The number of pyridine rings is 1. The number of halogens is 1. The first-order chi connectivity index (χ1) is 14.9. The summed E-state index contributed by atoms with van der Waals surface area (Å²) in [7, 11) is 0. The number of aliphatic hydroxyl groups excluding tert-OH is 1. The number of nitrogens with zero attached hydrogens (tertiary/aromatic N) is 3. The van der Waals surface area contributed by atoms with Crippen molar-refractivity contribution in [3.05, 3.63) is 65.7 Å². The maximum Gasteiger partial charge on any atom is 0.308 e. The predicted molar refractivity (Wildman–Crippen MR) is 114 cm³/mol. The lowest BCUT2D eigenvalue weighted by molar-refractivity contribution is -0.160. The Morgan fingerprint density at radius 3 is 2.65 bits per heavy atom. The molecule has 0 spiro atoms. The summed E-state index contributed by atoms with van der Waals surface area (Å²) < 4.78 is 20.9. The summed E-state index contributed by atoms with van der Waals surface area (Å²) in [5.74, 6) is 0.158. The highest BCUT2D eigenvalue weighted by molar-refractivity contribution is 5.71. The van der Waals surface area contributed by atoms with Crippen LogP contribution in [0.5, 0.6) is 0 Å². The molecule has 4 rings (SSSR count). The van der Waals surface area contributed by atoms with Crippen LogP contribution in [-0.4, -0.2) is 38.0 Å². The van der Waals surface area contributed by atoms with E-state index in [-0.39, 0.29) is 30.2 Å². The number of hydrogen-bond acceptors (Lipinski definition) is 5. The van der Waals surface area contributed by atoms with Gasteiger partial charge in [0.15, 0.2) is 5.82 Å². The minimum absolute atomic E-state index is 0.0478. The lowest BCUT2D eigenvalue weighted by Crippen LogP contribution is -2.32. The van der Waals surface area contributed by atoms with E-state index >= 15 is 0 Å². The zero-order chi connectivity index (χ0) is 22.0. The van der Waals surface area contributed by atoms with E-state index in [2.05, 4.69) is 18.8 Å². The Hall–Kier alpha value is -3.06. The van der Waals surface area contributed by atoms with E-state index in [4.69, 9.17) is 9.84 Å². The molecule has 1 aromatic carbocycles. The highest BCUT2D eigenvalue weighted by Gasteiger charge is 2.29. The standard InChI is InChI=1S/C24H26FN3O3/c1-15(2)23-20(11-10-19-13-18(29)14-22(30)31-19)24(16-6-8-17(25)9-7-16)28(27-23)21-5-3-4-12-26-21/h3-9,12,15,18-19,29H,10-11,13-14H2,1-2H3/t18-,19-/m0/s1. The molecule has 1 N–H and O–H groups in total. The van der Waals surface area contributed by atoms with Gasteiger partial charge in [-0.15, -0.1) is 0 Å². The highest BCUT2D eigenvalue weighted by Crippen LogP contribution is 2.34. The van der Waals surface area contributed by atoms with E-state index in [1.54, 1.807) is 23.0 Å². The van der Waals surface area contributed by atoms with Crippen LogP contribution in [-0.2, 0) is 16.0 Å². The Kier molecular flexibility index (Phi) is 6.13. The third-order valence-electron chi connectivity index (χ3n) is 5.50. The second-order valence-corrected chi connectivity index (χ2v) is 8.22. The van der Waals surface area contributed by atoms with Gasteiger partial charge in [0.1, 0.15) is 11.9 Å². The van der Waals surface area contributed by atoms with Crippen molar-refractivity contribution >= 4 is 5.97 Å². The van der Waals surface area contributed by atoms with Gasteiger partial charge in [0.2, 0.25) is 0 Å². The van der Waals surface area contributed by atoms with Crippen molar-refractivity contribution in [3.8, 4) is 17.1 Å². The topological polar surface area (TPSA) is 77.2 Å². The monoisotopic (exact) mass is 423 g/mol. The molecule has 6 nitrogen and oxygen atoms in total. The molecule has 0 amide bonds. The van der Waals surface area contributed by atoms with Gasteiger partial charge in [-0.05, 0) is 55.2 Å². The van der Waals surface area contributed by atoms with Crippen LogP contribution < -0.4 is 0 Å². The van der Waals surface area contributed by atoms with Crippen molar-refractivity contribution in [2.24, 2.45) is 0 Å². The summed E-state index contributed by atoms with van der Waals surface area (Å²) in [6, 6.07) is 12.0. The number of ether oxygens (including phenoxy) is 1. The first-order valence-corrected chi connectivity index (χ1v) is 10.6. The Balaban J connectivity index is 1.77. The fraction of sp³-hybridized carbons (Fsp3) is 0.375. The van der Waals surface area contributed by atoms with E-state index in [1.165, 1.54) is 12.1 Å². The molecule has 31 heavy (non-hydrogen) atoms. The fourth-order valence-corrected chi connectivity index (χ4v) is 4.07. The minimum Gasteiger partial charge on any atom is -0.462 e. The molecule has 0 radical (unpaired) electrons. The zero-order valence-electron chi connectivity index (χ0n) is 17.7. The van der Waals surface area contributed by atoms with Gasteiger partial charge < -0.3 is 9.84 Å². The quantitative estimate of drug-likeness (QED) is 0.602. The van der Waals surface area contributed by atoms with Crippen molar-refractivity contribution in [1.29, 1.82) is 0 Å². The van der Waals surface area contributed by atoms with Gasteiger partial charge in [0.05, 0.1) is 23.9 Å². The average molecular weight is 423 g/mol. The molecular formula is C24H26FN3O3. The van der Waals surface area contributed by atoms with Crippen molar-refractivity contribution < 1.29 is 19.0 Å². The first kappa shape index (κ1) is 21.2. The number of rotatable bonds is 6. The smallest absolute Gasteiger partial charge is 0.308 e. The molecule has 1 fully saturated rings. The van der Waals surface area contributed by atoms with E-state index < -0.39 is 6.10 Å². The Morgan fingerprint density at radius 1 is 1.23 bits per heavy atom. The van der Waals surface area contributed by atoms with Crippen LogP contribution in [0, 0.1) is 5.82 Å². The normalized spacial score (nSPS) is 18.9. The van der Waals surface area contributed by atoms with E-state index in [0.717, 1.165) is 22.5 Å². The van der Waals surface area contributed by atoms with Crippen LogP contribution in [0.2, 0.25) is 0 Å². The number of benzene rings is 1.